The second kappa shape index (κ2) is 4.31. The summed E-state index contributed by atoms with van der Waals surface area (Å²) in [5.41, 5.74) is 3.03. The van der Waals surface area contributed by atoms with E-state index in [1.54, 1.807) is 12.1 Å². The SMILES string of the molecule is CCn1nc(-c2ccc(C)cc2)ccc1=O. The van der Waals surface area contributed by atoms with E-state index in [9.17, 15) is 4.79 Å². The minimum atomic E-state index is -0.0571. The van der Waals surface area contributed by atoms with E-state index in [1.165, 1.54) is 10.2 Å². The van der Waals surface area contributed by atoms with Crippen LogP contribution in [0.25, 0.3) is 11.3 Å². The molecule has 3 heteroatoms. The van der Waals surface area contributed by atoms with Gasteiger partial charge in [0.1, 0.15) is 0 Å². The zero-order chi connectivity index (χ0) is 11.5. The van der Waals surface area contributed by atoms with Crippen LogP contribution >= 0.6 is 0 Å². The fraction of sp³-hybridized carbons (Fsp3) is 0.231. The van der Waals surface area contributed by atoms with Gasteiger partial charge in [0.15, 0.2) is 0 Å². The molecular weight excluding hydrogens is 200 g/mol. The Kier molecular flexibility index (Phi) is 2.86. The molecule has 82 valence electrons. The number of rotatable bonds is 2. The van der Waals surface area contributed by atoms with Crippen LogP contribution in [0.2, 0.25) is 0 Å². The molecule has 0 aliphatic rings. The third-order valence-corrected chi connectivity index (χ3v) is 2.51. The van der Waals surface area contributed by atoms with Crippen LogP contribution in [-0.2, 0) is 6.54 Å². The van der Waals surface area contributed by atoms with Crippen LogP contribution in [0.15, 0.2) is 41.2 Å². The van der Waals surface area contributed by atoms with E-state index in [2.05, 4.69) is 5.10 Å². The maximum Gasteiger partial charge on any atom is 0.266 e. The summed E-state index contributed by atoms with van der Waals surface area (Å²) in [6.45, 7) is 4.55. The summed E-state index contributed by atoms with van der Waals surface area (Å²) in [4.78, 5) is 11.4. The molecule has 2 rings (SSSR count). The molecule has 0 unspecified atom stereocenters. The van der Waals surface area contributed by atoms with E-state index in [0.717, 1.165) is 11.3 Å². The van der Waals surface area contributed by atoms with Crippen LogP contribution in [0.4, 0.5) is 0 Å². The summed E-state index contributed by atoms with van der Waals surface area (Å²) in [5.74, 6) is 0. The molecule has 1 heterocycles. The van der Waals surface area contributed by atoms with E-state index >= 15 is 0 Å². The van der Waals surface area contributed by atoms with Crippen LogP contribution in [0, 0.1) is 6.92 Å². The van der Waals surface area contributed by atoms with E-state index in [-0.39, 0.29) is 5.56 Å². The molecule has 0 saturated heterocycles. The number of aryl methyl sites for hydroxylation is 2. The van der Waals surface area contributed by atoms with Crippen molar-refractivity contribution in [3.63, 3.8) is 0 Å². The molecule has 1 aromatic carbocycles. The van der Waals surface area contributed by atoms with Gasteiger partial charge in [0, 0.05) is 18.2 Å². The van der Waals surface area contributed by atoms with Crippen LogP contribution in [-0.4, -0.2) is 9.78 Å². The van der Waals surface area contributed by atoms with Gasteiger partial charge >= 0.3 is 0 Å². The standard InChI is InChI=1S/C13H14N2O/c1-3-15-13(16)9-8-12(14-15)11-6-4-10(2)5-7-11/h4-9H,3H2,1-2H3. The molecule has 0 aliphatic carbocycles. The van der Waals surface area contributed by atoms with Crippen molar-refractivity contribution in [1.29, 1.82) is 0 Å². The second-order valence-electron chi connectivity index (χ2n) is 3.74. The van der Waals surface area contributed by atoms with Gasteiger partial charge in [0.2, 0.25) is 0 Å². The van der Waals surface area contributed by atoms with Gasteiger partial charge in [0.25, 0.3) is 5.56 Å². The van der Waals surface area contributed by atoms with Crippen molar-refractivity contribution in [3.8, 4) is 11.3 Å². The maximum atomic E-state index is 11.4. The first kappa shape index (κ1) is 10.6. The quantitative estimate of drug-likeness (QED) is 0.768. The minimum absolute atomic E-state index is 0.0571. The Morgan fingerprint density at radius 2 is 1.81 bits per heavy atom. The van der Waals surface area contributed by atoms with E-state index in [1.807, 2.05) is 38.1 Å². The third-order valence-electron chi connectivity index (χ3n) is 2.51. The Morgan fingerprint density at radius 1 is 1.12 bits per heavy atom. The largest absolute Gasteiger partial charge is 0.268 e. The summed E-state index contributed by atoms with van der Waals surface area (Å²) in [5, 5.41) is 4.29. The summed E-state index contributed by atoms with van der Waals surface area (Å²) in [7, 11) is 0. The summed E-state index contributed by atoms with van der Waals surface area (Å²) >= 11 is 0. The van der Waals surface area contributed by atoms with Gasteiger partial charge in [-0.05, 0) is 19.9 Å². The van der Waals surface area contributed by atoms with Gasteiger partial charge in [-0.1, -0.05) is 29.8 Å². The number of nitrogens with zero attached hydrogens (tertiary/aromatic N) is 2. The Balaban J connectivity index is 2.48. The molecule has 0 aliphatic heterocycles. The van der Waals surface area contributed by atoms with Gasteiger partial charge in [-0.25, -0.2) is 4.68 Å². The smallest absolute Gasteiger partial charge is 0.266 e. The molecule has 0 spiro atoms. The predicted molar refractivity (Wildman–Crippen MR) is 64.3 cm³/mol. The highest BCUT2D eigenvalue weighted by Crippen LogP contribution is 2.15. The minimum Gasteiger partial charge on any atom is -0.268 e. The highest BCUT2D eigenvalue weighted by molar-refractivity contribution is 5.58. The Morgan fingerprint density at radius 3 is 2.44 bits per heavy atom. The number of benzene rings is 1. The lowest BCUT2D eigenvalue weighted by molar-refractivity contribution is 0.619. The molecule has 0 radical (unpaired) electrons. The second-order valence-corrected chi connectivity index (χ2v) is 3.74. The van der Waals surface area contributed by atoms with Gasteiger partial charge in [-0.15, -0.1) is 0 Å². The van der Waals surface area contributed by atoms with Crippen LogP contribution in [0.1, 0.15) is 12.5 Å². The lowest BCUT2D eigenvalue weighted by atomic mass is 10.1. The Bertz CT molecular complexity index is 541. The zero-order valence-corrected chi connectivity index (χ0v) is 9.47. The van der Waals surface area contributed by atoms with Gasteiger partial charge in [-0.2, -0.15) is 5.10 Å². The molecule has 0 N–H and O–H groups in total. The lowest BCUT2D eigenvalue weighted by Gasteiger charge is -2.04. The topological polar surface area (TPSA) is 34.9 Å². The summed E-state index contributed by atoms with van der Waals surface area (Å²) in [6.07, 6.45) is 0. The van der Waals surface area contributed by atoms with E-state index in [0.29, 0.717) is 6.54 Å². The van der Waals surface area contributed by atoms with E-state index < -0.39 is 0 Å². The van der Waals surface area contributed by atoms with Gasteiger partial charge in [0.05, 0.1) is 5.69 Å². The molecule has 0 saturated carbocycles. The number of aromatic nitrogens is 2. The van der Waals surface area contributed by atoms with Crippen molar-refractivity contribution >= 4 is 0 Å². The van der Waals surface area contributed by atoms with E-state index in [4.69, 9.17) is 0 Å². The van der Waals surface area contributed by atoms with Crippen LogP contribution in [0.3, 0.4) is 0 Å². The molecule has 16 heavy (non-hydrogen) atoms. The molecule has 3 nitrogen and oxygen atoms in total. The van der Waals surface area contributed by atoms with Crippen LogP contribution in [0.5, 0.6) is 0 Å². The lowest BCUT2D eigenvalue weighted by Crippen LogP contribution is -2.20. The fourth-order valence-corrected chi connectivity index (χ4v) is 1.55. The van der Waals surface area contributed by atoms with Crippen molar-refractivity contribution < 1.29 is 0 Å². The molecule has 1 aromatic heterocycles. The number of hydrogen-bond acceptors (Lipinski definition) is 2. The molecule has 2 aromatic rings. The van der Waals surface area contributed by atoms with Gasteiger partial charge in [-0.3, -0.25) is 4.79 Å². The molecule has 0 fully saturated rings. The molecule has 0 bridgehead atoms. The van der Waals surface area contributed by atoms with Crippen molar-refractivity contribution in [3.05, 3.63) is 52.3 Å². The normalized spacial score (nSPS) is 10.4. The average molecular weight is 214 g/mol. The fourth-order valence-electron chi connectivity index (χ4n) is 1.55. The third kappa shape index (κ3) is 2.03. The number of hydrogen-bond donors (Lipinski definition) is 0. The highest BCUT2D eigenvalue weighted by atomic mass is 16.1. The van der Waals surface area contributed by atoms with Crippen molar-refractivity contribution in [2.45, 2.75) is 20.4 Å². The maximum absolute atomic E-state index is 11.4. The van der Waals surface area contributed by atoms with Crippen molar-refractivity contribution in [2.24, 2.45) is 0 Å². The van der Waals surface area contributed by atoms with Crippen molar-refractivity contribution in [2.75, 3.05) is 0 Å². The van der Waals surface area contributed by atoms with Crippen molar-refractivity contribution in [1.82, 2.24) is 9.78 Å². The monoisotopic (exact) mass is 214 g/mol. The highest BCUT2D eigenvalue weighted by Gasteiger charge is 2.01. The Hall–Kier alpha value is -1.90. The zero-order valence-electron chi connectivity index (χ0n) is 9.47. The predicted octanol–water partition coefficient (Wildman–Crippen LogP) is 2.24. The first-order chi connectivity index (χ1) is 7.70. The molecular formula is C13H14N2O. The van der Waals surface area contributed by atoms with Gasteiger partial charge < -0.3 is 0 Å². The summed E-state index contributed by atoms with van der Waals surface area (Å²) in [6, 6.07) is 11.4. The summed E-state index contributed by atoms with van der Waals surface area (Å²) < 4.78 is 1.47. The Labute approximate surface area is 94.4 Å². The van der Waals surface area contributed by atoms with Crippen LogP contribution < -0.4 is 5.56 Å². The molecule has 0 amide bonds. The first-order valence-corrected chi connectivity index (χ1v) is 5.36. The average Bonchev–Trinajstić information content (AvgIpc) is 2.31. The molecule has 0 atom stereocenters. The first-order valence-electron chi connectivity index (χ1n) is 5.36.